The third-order valence-corrected chi connectivity index (χ3v) is 8.72. The van der Waals surface area contributed by atoms with Crippen LogP contribution in [0.4, 0.5) is 0 Å². The van der Waals surface area contributed by atoms with Crippen LogP contribution in [0.1, 0.15) is 150 Å². The molecule has 0 spiro atoms. The minimum atomic E-state index is -1.00. The summed E-state index contributed by atoms with van der Waals surface area (Å²) in [6.07, 6.45) is 13.3. The molecule has 0 aromatic carbocycles. The Morgan fingerprint density at radius 1 is 0.521 bits per heavy atom. The number of aliphatic carboxylic acids is 1. The molecule has 9 N–H and O–H groups in total. The predicted octanol–water partition coefficient (Wildman–Crippen LogP) is 4.28. The van der Waals surface area contributed by atoms with Gasteiger partial charge in [0.25, 0.3) is 0 Å². The fourth-order valence-electron chi connectivity index (χ4n) is 5.63. The van der Waals surface area contributed by atoms with Crippen molar-refractivity contribution in [3.05, 3.63) is 0 Å². The third-order valence-electron chi connectivity index (χ3n) is 8.72. The Morgan fingerprint density at radius 3 is 1.35 bits per heavy atom. The molecule has 0 aliphatic heterocycles. The molecule has 12 nitrogen and oxygen atoms in total. The fourth-order valence-corrected chi connectivity index (χ4v) is 5.63. The molecule has 48 heavy (non-hydrogen) atoms. The van der Waals surface area contributed by atoms with E-state index in [0.29, 0.717) is 45.2 Å². The molecule has 0 fully saturated rings. The molecule has 4 atom stereocenters. The molecule has 0 aliphatic rings. The number of hydrogen-bond donors (Lipinski definition) is 7. The SMILES string of the molecule is CCCCCCCCCCCC(=O)N[C@H](CCCN)CC(=O)N[C@@H](CC(=O)N[C@@H](CC(=O)N[C@H](CCCN)CC(=O)O)C(C)C)C(C)C. The number of unbranched alkanes of at least 4 members (excludes halogenated alkanes) is 8. The van der Waals surface area contributed by atoms with Crippen LogP contribution >= 0.6 is 0 Å². The molecule has 0 aliphatic carbocycles. The van der Waals surface area contributed by atoms with Crippen LogP contribution in [-0.4, -0.2) is 72.0 Å². The number of carboxylic acid groups (broad SMARTS) is 1. The van der Waals surface area contributed by atoms with E-state index in [2.05, 4.69) is 28.2 Å². The van der Waals surface area contributed by atoms with Gasteiger partial charge < -0.3 is 37.8 Å². The number of hydrogen-bond acceptors (Lipinski definition) is 7. The molecule has 0 rings (SSSR count). The van der Waals surface area contributed by atoms with E-state index in [-0.39, 0.29) is 67.2 Å². The fraction of sp³-hybridized carbons (Fsp3) is 0.861. The maximum atomic E-state index is 13.1. The summed E-state index contributed by atoms with van der Waals surface area (Å²) >= 11 is 0. The first-order valence-corrected chi connectivity index (χ1v) is 18.6. The van der Waals surface area contributed by atoms with E-state index >= 15 is 0 Å². The van der Waals surface area contributed by atoms with Gasteiger partial charge in [-0.3, -0.25) is 24.0 Å². The Balaban J connectivity index is 4.98. The number of carbonyl (C=O) groups excluding carboxylic acids is 4. The zero-order chi connectivity index (χ0) is 36.3. The highest BCUT2D eigenvalue weighted by Gasteiger charge is 2.26. The second kappa shape index (κ2) is 28.1. The van der Waals surface area contributed by atoms with E-state index in [0.717, 1.165) is 19.3 Å². The molecule has 12 heteroatoms. The molecule has 0 saturated heterocycles. The summed E-state index contributed by atoms with van der Waals surface area (Å²) in [7, 11) is 0. The van der Waals surface area contributed by atoms with Crippen LogP contribution in [0.2, 0.25) is 0 Å². The molecular formula is C36H70N6O6. The van der Waals surface area contributed by atoms with Crippen molar-refractivity contribution < 1.29 is 29.1 Å². The van der Waals surface area contributed by atoms with Gasteiger partial charge in [-0.15, -0.1) is 0 Å². The summed E-state index contributed by atoms with van der Waals surface area (Å²) in [6.45, 7) is 10.7. The van der Waals surface area contributed by atoms with E-state index in [1.54, 1.807) is 0 Å². The minimum absolute atomic E-state index is 0.00240. The molecule has 0 heterocycles. The van der Waals surface area contributed by atoms with Crippen LogP contribution in [0.3, 0.4) is 0 Å². The number of nitrogens with one attached hydrogen (secondary N) is 4. The standard InChI is InChI=1S/C36H70N6O6/c1-6-7-8-9-10-11-12-13-14-19-32(43)39-28(17-15-20-37)22-33(44)41-31(27(4)5)25-35(46)42-30(26(2)3)24-34(45)40-29(18-16-21-38)23-36(47)48/h26-31H,6-25,37-38H2,1-5H3,(H,39,43)(H,40,45)(H,41,44)(H,42,46)(H,47,48)/t28-,29-,30+,31+/m1/s1. The number of amides is 4. The lowest BCUT2D eigenvalue weighted by atomic mass is 9.97. The second-order valence-electron chi connectivity index (χ2n) is 14.0. The summed E-state index contributed by atoms with van der Waals surface area (Å²) in [5.41, 5.74) is 11.3. The Hall–Kier alpha value is -2.73. The largest absolute Gasteiger partial charge is 0.481 e. The lowest BCUT2D eigenvalue weighted by Crippen LogP contribution is -2.48. The normalized spacial score (nSPS) is 13.9. The van der Waals surface area contributed by atoms with Gasteiger partial charge in [0, 0.05) is 49.9 Å². The van der Waals surface area contributed by atoms with Gasteiger partial charge in [0.1, 0.15) is 0 Å². The summed E-state index contributed by atoms with van der Waals surface area (Å²) in [6, 6.07) is -1.78. The number of carbonyl (C=O) groups is 5. The topological polar surface area (TPSA) is 206 Å². The Morgan fingerprint density at radius 2 is 0.917 bits per heavy atom. The van der Waals surface area contributed by atoms with Crippen LogP contribution in [-0.2, 0) is 24.0 Å². The first-order chi connectivity index (χ1) is 22.8. The van der Waals surface area contributed by atoms with Crippen LogP contribution in [0, 0.1) is 11.8 Å². The highest BCUT2D eigenvalue weighted by molar-refractivity contribution is 5.82. The minimum Gasteiger partial charge on any atom is -0.481 e. The smallest absolute Gasteiger partial charge is 0.305 e. The van der Waals surface area contributed by atoms with Gasteiger partial charge in [0.2, 0.25) is 23.6 Å². The Labute approximate surface area is 290 Å². The first-order valence-electron chi connectivity index (χ1n) is 18.6. The summed E-state index contributed by atoms with van der Waals surface area (Å²) in [4.78, 5) is 62.9. The first kappa shape index (κ1) is 45.3. The van der Waals surface area contributed by atoms with Gasteiger partial charge in [0.15, 0.2) is 0 Å². The number of rotatable bonds is 30. The summed E-state index contributed by atoms with van der Waals surface area (Å²) in [5.74, 6) is -2.03. The average Bonchev–Trinajstić information content (AvgIpc) is 3.00. The van der Waals surface area contributed by atoms with Crippen molar-refractivity contribution in [3.8, 4) is 0 Å². The third kappa shape index (κ3) is 24.4. The van der Waals surface area contributed by atoms with Crippen molar-refractivity contribution in [2.45, 2.75) is 174 Å². The van der Waals surface area contributed by atoms with Gasteiger partial charge >= 0.3 is 5.97 Å². The molecule has 0 aromatic heterocycles. The van der Waals surface area contributed by atoms with Crippen molar-refractivity contribution in [3.63, 3.8) is 0 Å². The maximum Gasteiger partial charge on any atom is 0.305 e. The molecular weight excluding hydrogens is 612 g/mol. The van der Waals surface area contributed by atoms with Crippen molar-refractivity contribution in [2.75, 3.05) is 13.1 Å². The van der Waals surface area contributed by atoms with Gasteiger partial charge in [-0.25, -0.2) is 0 Å². The molecule has 280 valence electrons. The van der Waals surface area contributed by atoms with Crippen LogP contribution < -0.4 is 32.7 Å². The maximum absolute atomic E-state index is 13.1. The lowest BCUT2D eigenvalue weighted by molar-refractivity contribution is -0.138. The van der Waals surface area contributed by atoms with E-state index in [1.807, 2.05) is 27.7 Å². The van der Waals surface area contributed by atoms with Crippen molar-refractivity contribution in [1.29, 1.82) is 0 Å². The zero-order valence-corrected chi connectivity index (χ0v) is 30.7. The monoisotopic (exact) mass is 683 g/mol. The molecule has 0 aromatic rings. The van der Waals surface area contributed by atoms with E-state index < -0.39 is 24.1 Å². The van der Waals surface area contributed by atoms with Crippen molar-refractivity contribution in [2.24, 2.45) is 23.3 Å². The van der Waals surface area contributed by atoms with E-state index in [4.69, 9.17) is 11.5 Å². The highest BCUT2D eigenvalue weighted by Crippen LogP contribution is 2.14. The quantitative estimate of drug-likeness (QED) is 0.0543. The Bertz CT molecular complexity index is 915. The van der Waals surface area contributed by atoms with Crippen LogP contribution in [0.25, 0.3) is 0 Å². The highest BCUT2D eigenvalue weighted by atomic mass is 16.4. The molecule has 0 radical (unpaired) electrons. The molecule has 0 bridgehead atoms. The molecule has 0 saturated carbocycles. The lowest BCUT2D eigenvalue weighted by Gasteiger charge is -2.27. The van der Waals surface area contributed by atoms with Gasteiger partial charge in [0.05, 0.1) is 6.42 Å². The molecule has 4 amide bonds. The predicted molar refractivity (Wildman–Crippen MR) is 192 cm³/mol. The van der Waals surface area contributed by atoms with E-state index in [1.165, 1.54) is 38.5 Å². The average molecular weight is 683 g/mol. The second-order valence-corrected chi connectivity index (χ2v) is 14.0. The van der Waals surface area contributed by atoms with Crippen molar-refractivity contribution >= 4 is 29.6 Å². The van der Waals surface area contributed by atoms with Crippen molar-refractivity contribution in [1.82, 2.24) is 21.3 Å². The Kier molecular flexibility index (Phi) is 26.5. The summed E-state index contributed by atoms with van der Waals surface area (Å²) < 4.78 is 0. The zero-order valence-electron chi connectivity index (χ0n) is 30.7. The number of nitrogens with two attached hydrogens (primary N) is 2. The van der Waals surface area contributed by atoms with Crippen LogP contribution in [0.15, 0.2) is 0 Å². The van der Waals surface area contributed by atoms with Crippen LogP contribution in [0.5, 0.6) is 0 Å². The number of carboxylic acids is 1. The van der Waals surface area contributed by atoms with E-state index in [9.17, 15) is 29.1 Å². The van der Waals surface area contributed by atoms with Gasteiger partial charge in [-0.2, -0.15) is 0 Å². The van der Waals surface area contributed by atoms with Gasteiger partial charge in [-0.1, -0.05) is 86.0 Å². The summed E-state index contributed by atoms with van der Waals surface area (Å²) in [5, 5.41) is 20.9. The molecule has 0 unspecified atom stereocenters. The van der Waals surface area contributed by atoms with Gasteiger partial charge in [-0.05, 0) is 57.0 Å².